The average Bonchev–Trinajstić information content (AvgIpc) is 2.61. The van der Waals surface area contributed by atoms with E-state index >= 15 is 0 Å². The van der Waals surface area contributed by atoms with Crippen LogP contribution in [0.5, 0.6) is 0 Å². The SMILES string of the molecule is Cc1ccc(-n2ccnc(SCC(=O)c3ccc(C)cc3C)c2=O)cc1. The molecule has 3 rings (SSSR count). The summed E-state index contributed by atoms with van der Waals surface area (Å²) < 4.78 is 1.55. The Labute approximate surface area is 156 Å². The van der Waals surface area contributed by atoms with Crippen molar-refractivity contribution >= 4 is 17.5 Å². The second-order valence-corrected chi connectivity index (χ2v) is 7.24. The van der Waals surface area contributed by atoms with Crippen LogP contribution in [-0.4, -0.2) is 21.1 Å². The number of aromatic nitrogens is 2. The van der Waals surface area contributed by atoms with Crippen molar-refractivity contribution in [3.8, 4) is 5.69 Å². The van der Waals surface area contributed by atoms with Crippen LogP contribution in [0.15, 0.2) is 64.7 Å². The molecule has 132 valence electrons. The molecular formula is C21H20N2O2S. The minimum Gasteiger partial charge on any atom is -0.293 e. The molecule has 0 radical (unpaired) electrons. The van der Waals surface area contributed by atoms with Crippen LogP contribution < -0.4 is 5.56 Å². The quantitative estimate of drug-likeness (QED) is 0.504. The molecule has 26 heavy (non-hydrogen) atoms. The molecule has 0 unspecified atom stereocenters. The summed E-state index contributed by atoms with van der Waals surface area (Å²) in [5.41, 5.74) is 4.47. The lowest BCUT2D eigenvalue weighted by Crippen LogP contribution is -2.21. The molecule has 0 N–H and O–H groups in total. The molecule has 0 aliphatic heterocycles. The molecule has 0 aliphatic rings. The Morgan fingerprint density at radius 3 is 2.42 bits per heavy atom. The first-order chi connectivity index (χ1) is 12.5. The van der Waals surface area contributed by atoms with Crippen molar-refractivity contribution in [2.75, 3.05) is 5.75 Å². The highest BCUT2D eigenvalue weighted by Crippen LogP contribution is 2.17. The van der Waals surface area contributed by atoms with E-state index < -0.39 is 0 Å². The highest BCUT2D eigenvalue weighted by molar-refractivity contribution is 7.99. The zero-order valence-corrected chi connectivity index (χ0v) is 15.8. The second kappa shape index (κ2) is 7.70. The number of nitrogens with zero attached hydrogens (tertiary/aromatic N) is 2. The first-order valence-electron chi connectivity index (χ1n) is 8.33. The highest BCUT2D eigenvalue weighted by Gasteiger charge is 2.13. The topological polar surface area (TPSA) is 52.0 Å². The van der Waals surface area contributed by atoms with E-state index in [9.17, 15) is 9.59 Å². The molecule has 3 aromatic rings. The zero-order chi connectivity index (χ0) is 18.7. The number of carbonyl (C=O) groups is 1. The molecule has 4 nitrogen and oxygen atoms in total. The summed E-state index contributed by atoms with van der Waals surface area (Å²) >= 11 is 1.18. The number of thioether (sulfide) groups is 1. The Kier molecular flexibility index (Phi) is 5.38. The number of rotatable bonds is 5. The summed E-state index contributed by atoms with van der Waals surface area (Å²) in [4.78, 5) is 29.3. The van der Waals surface area contributed by atoms with Gasteiger partial charge in [-0.1, -0.05) is 53.2 Å². The van der Waals surface area contributed by atoms with Gasteiger partial charge in [0.1, 0.15) is 0 Å². The van der Waals surface area contributed by atoms with Crippen LogP contribution in [-0.2, 0) is 0 Å². The van der Waals surface area contributed by atoms with Crippen molar-refractivity contribution in [3.05, 3.63) is 87.5 Å². The number of hydrogen-bond donors (Lipinski definition) is 0. The van der Waals surface area contributed by atoms with Gasteiger partial charge in [0.25, 0.3) is 5.56 Å². The predicted octanol–water partition coefficient (Wildman–Crippen LogP) is 4.13. The van der Waals surface area contributed by atoms with Crippen LogP contribution in [0.25, 0.3) is 5.69 Å². The van der Waals surface area contributed by atoms with E-state index in [1.807, 2.05) is 63.2 Å². The standard InChI is InChI=1S/C21H20N2O2S/c1-14-4-7-17(8-5-14)23-11-10-22-20(21(23)25)26-13-19(24)18-9-6-15(2)12-16(18)3/h4-12H,13H2,1-3H3. The maximum absolute atomic E-state index is 12.7. The summed E-state index contributed by atoms with van der Waals surface area (Å²) in [5.74, 6) is 0.184. The second-order valence-electron chi connectivity index (χ2n) is 6.27. The third kappa shape index (κ3) is 3.94. The summed E-state index contributed by atoms with van der Waals surface area (Å²) in [6.45, 7) is 5.92. The molecule has 0 fully saturated rings. The lowest BCUT2D eigenvalue weighted by molar-refractivity contribution is 0.102. The van der Waals surface area contributed by atoms with E-state index in [1.165, 1.54) is 11.8 Å². The van der Waals surface area contributed by atoms with Gasteiger partial charge in [-0.05, 0) is 38.5 Å². The van der Waals surface area contributed by atoms with Crippen molar-refractivity contribution in [1.82, 2.24) is 9.55 Å². The fourth-order valence-corrected chi connectivity index (χ4v) is 3.52. The third-order valence-electron chi connectivity index (χ3n) is 4.14. The van der Waals surface area contributed by atoms with E-state index in [0.717, 1.165) is 22.4 Å². The van der Waals surface area contributed by atoms with E-state index in [4.69, 9.17) is 0 Å². The smallest absolute Gasteiger partial charge is 0.287 e. The highest BCUT2D eigenvalue weighted by atomic mass is 32.2. The van der Waals surface area contributed by atoms with Gasteiger partial charge < -0.3 is 0 Å². The number of hydrogen-bond acceptors (Lipinski definition) is 4. The van der Waals surface area contributed by atoms with Gasteiger partial charge in [0.15, 0.2) is 10.8 Å². The molecule has 0 amide bonds. The van der Waals surface area contributed by atoms with Gasteiger partial charge in [0, 0.05) is 23.6 Å². The number of carbonyl (C=O) groups excluding carboxylic acids is 1. The van der Waals surface area contributed by atoms with E-state index in [2.05, 4.69) is 4.98 Å². The molecule has 0 saturated carbocycles. The number of Topliss-reactive ketones (excluding diaryl/α,β-unsaturated/α-hetero) is 1. The summed E-state index contributed by atoms with van der Waals surface area (Å²) in [7, 11) is 0. The van der Waals surface area contributed by atoms with Crippen LogP contribution in [0.1, 0.15) is 27.0 Å². The monoisotopic (exact) mass is 364 g/mol. The van der Waals surface area contributed by atoms with E-state index in [-0.39, 0.29) is 17.1 Å². The molecule has 0 saturated heterocycles. The lowest BCUT2D eigenvalue weighted by Gasteiger charge is -2.08. The van der Waals surface area contributed by atoms with Crippen LogP contribution in [0, 0.1) is 20.8 Å². The van der Waals surface area contributed by atoms with Crippen molar-refractivity contribution < 1.29 is 4.79 Å². The largest absolute Gasteiger partial charge is 0.293 e. The van der Waals surface area contributed by atoms with Gasteiger partial charge in [-0.2, -0.15) is 0 Å². The Morgan fingerprint density at radius 1 is 1.04 bits per heavy atom. The molecule has 0 atom stereocenters. The first kappa shape index (κ1) is 18.1. The van der Waals surface area contributed by atoms with Gasteiger partial charge in [-0.3, -0.25) is 14.2 Å². The van der Waals surface area contributed by atoms with Crippen LogP contribution in [0.2, 0.25) is 0 Å². The summed E-state index contributed by atoms with van der Waals surface area (Å²) in [6, 6.07) is 13.5. The molecule has 5 heteroatoms. The minimum atomic E-state index is -0.213. The maximum Gasteiger partial charge on any atom is 0.287 e. The third-order valence-corrected chi connectivity index (χ3v) is 5.10. The Morgan fingerprint density at radius 2 is 1.73 bits per heavy atom. The first-order valence-corrected chi connectivity index (χ1v) is 9.32. The van der Waals surface area contributed by atoms with Crippen molar-refractivity contribution in [1.29, 1.82) is 0 Å². The number of aryl methyl sites for hydroxylation is 3. The zero-order valence-electron chi connectivity index (χ0n) is 15.0. The van der Waals surface area contributed by atoms with E-state index in [1.54, 1.807) is 17.0 Å². The van der Waals surface area contributed by atoms with Crippen molar-refractivity contribution in [3.63, 3.8) is 0 Å². The molecule has 0 spiro atoms. The Hall–Kier alpha value is -2.66. The fourth-order valence-electron chi connectivity index (χ4n) is 2.74. The van der Waals surface area contributed by atoms with Crippen LogP contribution in [0.3, 0.4) is 0 Å². The summed E-state index contributed by atoms with van der Waals surface area (Å²) in [6.07, 6.45) is 3.23. The van der Waals surface area contributed by atoms with Gasteiger partial charge in [0.2, 0.25) is 0 Å². The number of benzene rings is 2. The van der Waals surface area contributed by atoms with Crippen molar-refractivity contribution in [2.45, 2.75) is 25.8 Å². The van der Waals surface area contributed by atoms with Crippen molar-refractivity contribution in [2.24, 2.45) is 0 Å². The Bertz CT molecular complexity index is 1010. The molecular weight excluding hydrogens is 344 g/mol. The molecule has 0 aliphatic carbocycles. The normalized spacial score (nSPS) is 10.7. The predicted molar refractivity (Wildman–Crippen MR) is 106 cm³/mol. The minimum absolute atomic E-state index is 0.000519. The fraction of sp³-hybridized carbons (Fsp3) is 0.190. The molecule has 0 bridgehead atoms. The van der Waals surface area contributed by atoms with Crippen LogP contribution in [0.4, 0.5) is 0 Å². The Balaban J connectivity index is 1.80. The number of ketones is 1. The molecule has 1 aromatic heterocycles. The maximum atomic E-state index is 12.7. The van der Waals surface area contributed by atoms with Gasteiger partial charge in [0.05, 0.1) is 5.75 Å². The summed E-state index contributed by atoms with van der Waals surface area (Å²) in [5, 5.41) is 0.325. The molecule has 1 heterocycles. The van der Waals surface area contributed by atoms with Gasteiger partial charge in [-0.15, -0.1) is 0 Å². The average molecular weight is 364 g/mol. The van der Waals surface area contributed by atoms with Crippen LogP contribution >= 0.6 is 11.8 Å². The lowest BCUT2D eigenvalue weighted by atomic mass is 10.0. The van der Waals surface area contributed by atoms with Gasteiger partial charge in [-0.25, -0.2) is 4.98 Å². The van der Waals surface area contributed by atoms with E-state index in [0.29, 0.717) is 10.6 Å². The molecule has 2 aromatic carbocycles. The van der Waals surface area contributed by atoms with Gasteiger partial charge >= 0.3 is 0 Å².